The van der Waals surface area contributed by atoms with Gasteiger partial charge in [0.05, 0.1) is 11.0 Å². The Morgan fingerprint density at radius 3 is 2.88 bits per heavy atom. The van der Waals surface area contributed by atoms with Crippen molar-refractivity contribution in [1.29, 1.82) is 0 Å². The van der Waals surface area contributed by atoms with Gasteiger partial charge in [0.25, 0.3) is 0 Å². The lowest BCUT2D eigenvalue weighted by Crippen LogP contribution is -2.32. The second-order valence-corrected chi connectivity index (χ2v) is 7.55. The van der Waals surface area contributed by atoms with Crippen molar-refractivity contribution in [3.8, 4) is 0 Å². The summed E-state index contributed by atoms with van der Waals surface area (Å²) < 4.78 is 0. The van der Waals surface area contributed by atoms with Crippen LogP contribution >= 0.6 is 0 Å². The van der Waals surface area contributed by atoms with Crippen molar-refractivity contribution in [1.82, 2.24) is 14.9 Å². The third-order valence-corrected chi connectivity index (χ3v) is 5.80. The van der Waals surface area contributed by atoms with Crippen LogP contribution in [0.2, 0.25) is 0 Å². The first-order valence-corrected chi connectivity index (χ1v) is 9.01. The molecule has 1 aromatic carbocycles. The molecule has 0 spiro atoms. The maximum absolute atomic E-state index is 12.5. The lowest BCUT2D eigenvalue weighted by molar-refractivity contribution is -0.130. The van der Waals surface area contributed by atoms with Crippen LogP contribution in [0, 0.1) is 25.7 Å². The molecule has 1 aliphatic heterocycles. The minimum atomic E-state index is 0.165. The number of rotatable bonds is 4. The second-order valence-electron chi connectivity index (χ2n) is 7.55. The molecule has 2 heterocycles. The zero-order valence-corrected chi connectivity index (χ0v) is 14.5. The van der Waals surface area contributed by atoms with Gasteiger partial charge in [0, 0.05) is 32.0 Å². The van der Waals surface area contributed by atoms with Crippen molar-refractivity contribution in [2.45, 2.75) is 45.6 Å². The summed E-state index contributed by atoms with van der Waals surface area (Å²) in [6, 6.07) is 4.34. The van der Waals surface area contributed by atoms with E-state index in [0.29, 0.717) is 18.8 Å². The molecule has 0 unspecified atom stereocenters. The third-order valence-electron chi connectivity index (χ3n) is 5.80. The molecule has 2 fully saturated rings. The molecule has 24 heavy (non-hydrogen) atoms. The number of H-pyrrole nitrogens is 1. The first-order valence-electron chi connectivity index (χ1n) is 9.01. The molecule has 2 atom stereocenters. The van der Waals surface area contributed by atoms with E-state index >= 15 is 0 Å². The van der Waals surface area contributed by atoms with Crippen molar-refractivity contribution in [3.05, 3.63) is 29.1 Å². The molecule has 1 aliphatic carbocycles. The molecular formula is C19H26N4O. The minimum absolute atomic E-state index is 0.165. The van der Waals surface area contributed by atoms with E-state index in [9.17, 15) is 4.79 Å². The summed E-state index contributed by atoms with van der Waals surface area (Å²) >= 11 is 0. The van der Waals surface area contributed by atoms with E-state index in [-0.39, 0.29) is 11.9 Å². The first kappa shape index (κ1) is 15.6. The zero-order valence-electron chi connectivity index (χ0n) is 14.5. The molecule has 3 N–H and O–H groups in total. The Bertz CT molecular complexity index is 777. The summed E-state index contributed by atoms with van der Waals surface area (Å²) in [6.07, 6.45) is 3.74. The summed E-state index contributed by atoms with van der Waals surface area (Å²) in [5.74, 6) is 2.39. The third kappa shape index (κ3) is 2.81. The van der Waals surface area contributed by atoms with E-state index in [4.69, 9.17) is 5.73 Å². The van der Waals surface area contributed by atoms with Gasteiger partial charge in [-0.15, -0.1) is 0 Å². The number of likely N-dealkylation sites (tertiary alicyclic amines) is 1. The first-order chi connectivity index (χ1) is 11.5. The van der Waals surface area contributed by atoms with Gasteiger partial charge >= 0.3 is 0 Å². The van der Waals surface area contributed by atoms with Gasteiger partial charge in [0.2, 0.25) is 5.91 Å². The van der Waals surface area contributed by atoms with Crippen molar-refractivity contribution in [2.24, 2.45) is 17.6 Å². The minimum Gasteiger partial charge on any atom is -0.342 e. The molecule has 4 rings (SSSR count). The SMILES string of the molecule is Cc1ccc2[nH]c(CCC(=O)N3C[C@@H](N)[C@H](C4CC4)C3)nc2c1C. The quantitative estimate of drug-likeness (QED) is 0.905. The van der Waals surface area contributed by atoms with Gasteiger partial charge in [-0.2, -0.15) is 0 Å². The average molecular weight is 326 g/mol. The number of benzene rings is 1. The summed E-state index contributed by atoms with van der Waals surface area (Å²) in [5.41, 5.74) is 10.8. The average Bonchev–Trinajstić information content (AvgIpc) is 3.20. The van der Waals surface area contributed by atoms with Crippen LogP contribution in [0.15, 0.2) is 12.1 Å². The van der Waals surface area contributed by atoms with Gasteiger partial charge in [-0.1, -0.05) is 6.07 Å². The molecule has 5 nitrogen and oxygen atoms in total. The molecule has 2 aromatic rings. The van der Waals surface area contributed by atoms with Gasteiger partial charge < -0.3 is 15.6 Å². The van der Waals surface area contributed by atoms with Gasteiger partial charge in [-0.25, -0.2) is 4.98 Å². The molecule has 5 heteroatoms. The highest BCUT2D eigenvalue weighted by molar-refractivity contribution is 5.80. The van der Waals surface area contributed by atoms with Gasteiger partial charge in [0.15, 0.2) is 0 Å². The van der Waals surface area contributed by atoms with Crippen molar-refractivity contribution < 1.29 is 4.79 Å². The van der Waals surface area contributed by atoms with E-state index in [2.05, 4.69) is 35.9 Å². The molecule has 0 radical (unpaired) electrons. The largest absolute Gasteiger partial charge is 0.342 e. The molecule has 1 saturated carbocycles. The Hall–Kier alpha value is -1.88. The highest BCUT2D eigenvalue weighted by Gasteiger charge is 2.41. The second kappa shape index (κ2) is 5.88. The van der Waals surface area contributed by atoms with E-state index in [1.807, 2.05) is 4.90 Å². The van der Waals surface area contributed by atoms with E-state index in [1.54, 1.807) is 0 Å². The Morgan fingerprint density at radius 1 is 1.33 bits per heavy atom. The Labute approximate surface area is 142 Å². The highest BCUT2D eigenvalue weighted by Crippen LogP contribution is 2.40. The number of aromatic amines is 1. The normalized spacial score (nSPS) is 24.0. The number of hydrogen-bond acceptors (Lipinski definition) is 3. The number of nitrogens with one attached hydrogen (secondary N) is 1. The monoisotopic (exact) mass is 326 g/mol. The van der Waals surface area contributed by atoms with Crippen molar-refractivity contribution >= 4 is 16.9 Å². The Balaban J connectivity index is 1.40. The summed E-state index contributed by atoms with van der Waals surface area (Å²) in [6.45, 7) is 5.76. The van der Waals surface area contributed by atoms with Crippen molar-refractivity contribution in [2.75, 3.05) is 13.1 Å². The number of carbonyl (C=O) groups excluding carboxylic acids is 1. The topological polar surface area (TPSA) is 75.0 Å². The van der Waals surface area contributed by atoms with Crippen LogP contribution in [-0.2, 0) is 11.2 Å². The summed E-state index contributed by atoms with van der Waals surface area (Å²) in [7, 11) is 0. The van der Waals surface area contributed by atoms with Crippen LogP contribution in [0.5, 0.6) is 0 Å². The predicted octanol–water partition coefficient (Wildman–Crippen LogP) is 2.31. The number of nitrogens with two attached hydrogens (primary N) is 1. The fraction of sp³-hybridized carbons (Fsp3) is 0.579. The standard InChI is InChI=1S/C19H26N4O/c1-11-3-6-16-19(12(11)2)22-17(21-16)7-8-18(24)23-9-14(13-4-5-13)15(20)10-23/h3,6,13-15H,4-5,7-10,20H2,1-2H3,(H,21,22)/t14-,15+/m0/s1. The fourth-order valence-corrected chi connectivity index (χ4v) is 3.95. The summed E-state index contributed by atoms with van der Waals surface area (Å²) in [5, 5.41) is 0. The lowest BCUT2D eigenvalue weighted by Gasteiger charge is -2.15. The van der Waals surface area contributed by atoms with Crippen LogP contribution in [0.3, 0.4) is 0 Å². The van der Waals surface area contributed by atoms with E-state index < -0.39 is 0 Å². The van der Waals surface area contributed by atoms with Crippen LogP contribution in [0.25, 0.3) is 11.0 Å². The number of nitrogens with zero attached hydrogens (tertiary/aromatic N) is 2. The zero-order chi connectivity index (χ0) is 16.8. The van der Waals surface area contributed by atoms with Crippen LogP contribution < -0.4 is 5.73 Å². The lowest BCUT2D eigenvalue weighted by atomic mass is 9.99. The number of amides is 1. The highest BCUT2D eigenvalue weighted by atomic mass is 16.2. The Kier molecular flexibility index (Phi) is 3.83. The molecule has 1 amide bonds. The van der Waals surface area contributed by atoms with Crippen LogP contribution in [0.1, 0.15) is 36.2 Å². The van der Waals surface area contributed by atoms with E-state index in [0.717, 1.165) is 35.9 Å². The molecular weight excluding hydrogens is 300 g/mol. The Morgan fingerprint density at radius 2 is 2.12 bits per heavy atom. The van der Waals surface area contributed by atoms with Gasteiger partial charge in [-0.3, -0.25) is 4.79 Å². The number of aromatic nitrogens is 2. The van der Waals surface area contributed by atoms with Gasteiger partial charge in [-0.05, 0) is 55.7 Å². The molecule has 1 saturated heterocycles. The maximum Gasteiger partial charge on any atom is 0.223 e. The molecule has 0 bridgehead atoms. The number of hydrogen-bond donors (Lipinski definition) is 2. The molecule has 2 aliphatic rings. The van der Waals surface area contributed by atoms with E-state index in [1.165, 1.54) is 24.0 Å². The van der Waals surface area contributed by atoms with Crippen LogP contribution in [0.4, 0.5) is 0 Å². The number of carbonyl (C=O) groups is 1. The molecule has 1 aromatic heterocycles. The number of fused-ring (bicyclic) bond motifs is 1. The number of imidazole rings is 1. The predicted molar refractivity (Wildman–Crippen MR) is 94.7 cm³/mol. The van der Waals surface area contributed by atoms with Crippen LogP contribution in [-0.4, -0.2) is 39.9 Å². The van der Waals surface area contributed by atoms with Crippen molar-refractivity contribution in [3.63, 3.8) is 0 Å². The number of aryl methyl sites for hydroxylation is 3. The smallest absolute Gasteiger partial charge is 0.223 e. The van der Waals surface area contributed by atoms with Gasteiger partial charge in [0.1, 0.15) is 5.82 Å². The maximum atomic E-state index is 12.5. The summed E-state index contributed by atoms with van der Waals surface area (Å²) in [4.78, 5) is 22.5. The molecule has 128 valence electrons. The fourth-order valence-electron chi connectivity index (χ4n) is 3.95.